The Balaban J connectivity index is 1.93. The number of rotatable bonds is 3. The van der Waals surface area contributed by atoms with Crippen molar-refractivity contribution in [3.8, 4) is 6.07 Å². The highest BCUT2D eigenvalue weighted by molar-refractivity contribution is 7.91. The minimum absolute atomic E-state index is 0.0470. The number of nitrogens with zero attached hydrogens (tertiary/aromatic N) is 1. The first-order valence-corrected chi connectivity index (χ1v) is 7.34. The van der Waals surface area contributed by atoms with Gasteiger partial charge in [0, 0.05) is 12.6 Å². The summed E-state index contributed by atoms with van der Waals surface area (Å²) < 4.78 is 22.5. The lowest BCUT2D eigenvalue weighted by Gasteiger charge is -2.10. The molecule has 1 aromatic carbocycles. The third-order valence-corrected chi connectivity index (χ3v) is 4.65. The molecular formula is C12H14N2O2S. The summed E-state index contributed by atoms with van der Waals surface area (Å²) in [7, 11) is -2.83. The third kappa shape index (κ3) is 3.29. The molecule has 1 fully saturated rings. The second-order valence-corrected chi connectivity index (χ2v) is 6.52. The van der Waals surface area contributed by atoms with Crippen molar-refractivity contribution in [2.45, 2.75) is 19.0 Å². The summed E-state index contributed by atoms with van der Waals surface area (Å²) in [6.07, 6.45) is 0.681. The summed E-state index contributed by atoms with van der Waals surface area (Å²) in [6.45, 7) is 0.607. The van der Waals surface area contributed by atoms with E-state index in [-0.39, 0.29) is 17.5 Å². The van der Waals surface area contributed by atoms with E-state index in [4.69, 9.17) is 5.26 Å². The maximum atomic E-state index is 11.3. The third-order valence-electron chi connectivity index (χ3n) is 2.88. The zero-order valence-electron chi connectivity index (χ0n) is 9.39. The van der Waals surface area contributed by atoms with Crippen LogP contribution in [0.2, 0.25) is 0 Å². The molecule has 1 atom stereocenters. The number of nitrogens with one attached hydrogen (secondary N) is 1. The smallest absolute Gasteiger partial charge is 0.151 e. The quantitative estimate of drug-likeness (QED) is 0.863. The standard InChI is InChI=1S/C12H14N2O2S/c13-7-10-2-1-3-11(6-10)8-14-12-4-5-17(15,16)9-12/h1-3,6,12,14H,4-5,8-9H2. The molecule has 2 rings (SSSR count). The van der Waals surface area contributed by atoms with Crippen molar-refractivity contribution in [3.05, 3.63) is 35.4 Å². The summed E-state index contributed by atoms with van der Waals surface area (Å²) in [6, 6.07) is 9.46. The van der Waals surface area contributed by atoms with Crippen molar-refractivity contribution in [2.24, 2.45) is 0 Å². The van der Waals surface area contributed by atoms with Crippen molar-refractivity contribution in [1.29, 1.82) is 5.26 Å². The van der Waals surface area contributed by atoms with Crippen LogP contribution in [0.3, 0.4) is 0 Å². The van der Waals surface area contributed by atoms with Crippen molar-refractivity contribution in [1.82, 2.24) is 5.32 Å². The van der Waals surface area contributed by atoms with E-state index in [1.54, 1.807) is 6.07 Å². The van der Waals surface area contributed by atoms with E-state index in [2.05, 4.69) is 11.4 Å². The van der Waals surface area contributed by atoms with Crippen LogP contribution < -0.4 is 5.32 Å². The van der Waals surface area contributed by atoms with E-state index >= 15 is 0 Å². The molecule has 0 saturated carbocycles. The first-order valence-electron chi connectivity index (χ1n) is 5.52. The fraction of sp³-hybridized carbons (Fsp3) is 0.417. The molecule has 0 radical (unpaired) electrons. The van der Waals surface area contributed by atoms with Crippen LogP contribution in [0.25, 0.3) is 0 Å². The van der Waals surface area contributed by atoms with Crippen molar-refractivity contribution in [2.75, 3.05) is 11.5 Å². The average molecular weight is 250 g/mol. The fourth-order valence-corrected chi connectivity index (χ4v) is 3.68. The van der Waals surface area contributed by atoms with Crippen LogP contribution >= 0.6 is 0 Å². The highest BCUT2D eigenvalue weighted by atomic mass is 32.2. The Morgan fingerprint density at radius 1 is 1.47 bits per heavy atom. The summed E-state index contributed by atoms with van der Waals surface area (Å²) in [4.78, 5) is 0. The second kappa shape index (κ2) is 4.86. The van der Waals surface area contributed by atoms with Gasteiger partial charge in [-0.25, -0.2) is 8.42 Å². The molecule has 1 N–H and O–H groups in total. The molecule has 1 aliphatic heterocycles. The maximum Gasteiger partial charge on any atom is 0.151 e. The lowest BCUT2D eigenvalue weighted by atomic mass is 10.1. The highest BCUT2D eigenvalue weighted by Crippen LogP contribution is 2.12. The van der Waals surface area contributed by atoms with Crippen LogP contribution in [0.15, 0.2) is 24.3 Å². The molecule has 0 amide bonds. The Labute approximate surface area is 101 Å². The van der Waals surface area contributed by atoms with Gasteiger partial charge in [-0.05, 0) is 24.1 Å². The molecule has 17 heavy (non-hydrogen) atoms. The molecule has 1 aliphatic rings. The van der Waals surface area contributed by atoms with Gasteiger partial charge in [-0.3, -0.25) is 0 Å². The maximum absolute atomic E-state index is 11.3. The average Bonchev–Trinajstić information content (AvgIpc) is 2.67. The Morgan fingerprint density at radius 2 is 2.29 bits per heavy atom. The predicted octanol–water partition coefficient (Wildman–Crippen LogP) is 0.835. The van der Waals surface area contributed by atoms with Crippen LogP contribution in [0.5, 0.6) is 0 Å². The fourth-order valence-electron chi connectivity index (χ4n) is 1.97. The first-order chi connectivity index (χ1) is 8.09. The van der Waals surface area contributed by atoms with Crippen molar-refractivity contribution in [3.63, 3.8) is 0 Å². The molecule has 0 aromatic heterocycles. The van der Waals surface area contributed by atoms with Gasteiger partial charge in [0.05, 0.1) is 23.1 Å². The minimum atomic E-state index is -2.83. The summed E-state index contributed by atoms with van der Waals surface area (Å²) in [5, 5.41) is 12.0. The van der Waals surface area contributed by atoms with Gasteiger partial charge in [0.15, 0.2) is 9.84 Å². The topological polar surface area (TPSA) is 70.0 Å². The number of hydrogen-bond donors (Lipinski definition) is 1. The van der Waals surface area contributed by atoms with Crippen LogP contribution in [0.1, 0.15) is 17.5 Å². The van der Waals surface area contributed by atoms with E-state index < -0.39 is 9.84 Å². The summed E-state index contributed by atoms with van der Waals surface area (Å²) in [5.41, 5.74) is 1.64. The molecule has 5 heteroatoms. The largest absolute Gasteiger partial charge is 0.309 e. The SMILES string of the molecule is N#Cc1cccc(CNC2CCS(=O)(=O)C2)c1. The van der Waals surface area contributed by atoms with Crippen molar-refractivity contribution >= 4 is 9.84 Å². The van der Waals surface area contributed by atoms with E-state index in [0.29, 0.717) is 18.5 Å². The lowest BCUT2D eigenvalue weighted by Crippen LogP contribution is -2.29. The Kier molecular flexibility index (Phi) is 3.46. The van der Waals surface area contributed by atoms with E-state index in [9.17, 15) is 8.42 Å². The minimum Gasteiger partial charge on any atom is -0.309 e. The number of sulfone groups is 1. The molecule has 0 spiro atoms. The predicted molar refractivity (Wildman–Crippen MR) is 65.1 cm³/mol. The van der Waals surface area contributed by atoms with Gasteiger partial charge in [-0.1, -0.05) is 12.1 Å². The molecule has 1 unspecified atom stereocenters. The highest BCUT2D eigenvalue weighted by Gasteiger charge is 2.27. The van der Waals surface area contributed by atoms with E-state index in [1.807, 2.05) is 18.2 Å². The zero-order chi connectivity index (χ0) is 12.3. The number of nitriles is 1. The number of benzene rings is 1. The van der Waals surface area contributed by atoms with Gasteiger partial charge in [0.2, 0.25) is 0 Å². The van der Waals surface area contributed by atoms with Crippen LogP contribution in [0, 0.1) is 11.3 Å². The normalized spacial score (nSPS) is 22.2. The van der Waals surface area contributed by atoms with Gasteiger partial charge in [-0.2, -0.15) is 5.26 Å². The first kappa shape index (κ1) is 12.1. The van der Waals surface area contributed by atoms with Crippen LogP contribution in [-0.4, -0.2) is 26.0 Å². The number of hydrogen-bond acceptors (Lipinski definition) is 4. The van der Waals surface area contributed by atoms with Gasteiger partial charge >= 0.3 is 0 Å². The zero-order valence-corrected chi connectivity index (χ0v) is 10.2. The summed E-state index contributed by atoms with van der Waals surface area (Å²) in [5.74, 6) is 0.508. The molecule has 4 nitrogen and oxygen atoms in total. The lowest BCUT2D eigenvalue weighted by molar-refractivity contribution is 0.554. The summed E-state index contributed by atoms with van der Waals surface area (Å²) >= 11 is 0. The molecule has 1 saturated heterocycles. The molecule has 1 heterocycles. The van der Waals surface area contributed by atoms with Gasteiger partial charge in [0.1, 0.15) is 0 Å². The van der Waals surface area contributed by atoms with Crippen LogP contribution in [0.4, 0.5) is 0 Å². The second-order valence-electron chi connectivity index (χ2n) is 4.29. The van der Waals surface area contributed by atoms with Crippen molar-refractivity contribution < 1.29 is 8.42 Å². The van der Waals surface area contributed by atoms with Gasteiger partial charge in [-0.15, -0.1) is 0 Å². The Hall–Kier alpha value is -1.38. The molecular weight excluding hydrogens is 236 g/mol. The Bertz CT molecular complexity index is 546. The van der Waals surface area contributed by atoms with E-state index in [0.717, 1.165) is 5.56 Å². The van der Waals surface area contributed by atoms with E-state index in [1.165, 1.54) is 0 Å². The molecule has 0 bridgehead atoms. The Morgan fingerprint density at radius 3 is 2.94 bits per heavy atom. The monoisotopic (exact) mass is 250 g/mol. The van der Waals surface area contributed by atoms with Crippen LogP contribution in [-0.2, 0) is 16.4 Å². The van der Waals surface area contributed by atoms with Gasteiger partial charge in [0.25, 0.3) is 0 Å². The molecule has 90 valence electrons. The molecule has 1 aromatic rings. The van der Waals surface area contributed by atoms with Gasteiger partial charge < -0.3 is 5.32 Å². The molecule has 0 aliphatic carbocycles.